The van der Waals surface area contributed by atoms with Crippen LogP contribution in [-0.4, -0.2) is 7.05 Å². The van der Waals surface area contributed by atoms with E-state index in [-0.39, 0.29) is 0 Å². The Morgan fingerprint density at radius 3 is 2.50 bits per heavy atom. The van der Waals surface area contributed by atoms with E-state index in [1.807, 2.05) is 11.7 Å². The van der Waals surface area contributed by atoms with E-state index in [1.165, 1.54) is 11.3 Å². The number of rotatable bonds is 1. The summed E-state index contributed by atoms with van der Waals surface area (Å²) < 4.78 is 2.00. The van der Waals surface area contributed by atoms with Crippen LogP contribution in [0.1, 0.15) is 11.3 Å². The van der Waals surface area contributed by atoms with E-state index in [9.17, 15) is 0 Å². The lowest BCUT2D eigenvalue weighted by Gasteiger charge is -1.96. The maximum atomic E-state index is 3.05. The monoisotopic (exact) mass is 137 g/mol. The third-order valence-electron chi connectivity index (χ3n) is 1.54. The van der Waals surface area contributed by atoms with Crippen molar-refractivity contribution in [3.05, 3.63) is 29.6 Å². The molecule has 0 fully saturated rings. The molecule has 0 amide bonds. The summed E-state index contributed by atoms with van der Waals surface area (Å²) >= 11 is 0. The van der Waals surface area contributed by atoms with Crippen molar-refractivity contribution in [2.75, 3.05) is 12.5 Å². The molecule has 0 unspecified atom stereocenters. The summed E-state index contributed by atoms with van der Waals surface area (Å²) in [4.78, 5) is 0. The van der Waals surface area contributed by atoms with Gasteiger partial charge in [-0.2, -0.15) is 5.43 Å². The van der Waals surface area contributed by atoms with Crippen LogP contribution in [0, 0.1) is 13.8 Å². The van der Waals surface area contributed by atoms with Crippen LogP contribution in [0.15, 0.2) is 18.3 Å². The average molecular weight is 137 g/mol. The number of pyridine rings is 1. The fraction of sp³-hybridized carbons (Fsp3) is 0.375. The second kappa shape index (κ2) is 2.69. The molecule has 2 heteroatoms. The van der Waals surface area contributed by atoms with Gasteiger partial charge in [0.2, 0.25) is 11.9 Å². The predicted molar refractivity (Wildman–Crippen MR) is 41.4 cm³/mol. The quantitative estimate of drug-likeness (QED) is 0.565. The molecule has 1 N–H and O–H groups in total. The largest absolute Gasteiger partial charge is 0.208 e. The molecule has 0 bridgehead atoms. The van der Waals surface area contributed by atoms with Gasteiger partial charge in [-0.3, -0.25) is 0 Å². The summed E-state index contributed by atoms with van der Waals surface area (Å²) in [5.41, 5.74) is 5.53. The van der Waals surface area contributed by atoms with Crippen LogP contribution in [0.2, 0.25) is 0 Å². The minimum atomic E-state index is 1.22. The first-order valence-electron chi connectivity index (χ1n) is 3.40. The van der Waals surface area contributed by atoms with E-state index in [4.69, 9.17) is 0 Å². The van der Waals surface area contributed by atoms with E-state index in [0.717, 1.165) is 0 Å². The van der Waals surface area contributed by atoms with Gasteiger partial charge in [-0.05, 0) is 13.0 Å². The molecular formula is C8H13N2+. The van der Waals surface area contributed by atoms with Crippen molar-refractivity contribution in [1.82, 2.24) is 0 Å². The maximum Gasteiger partial charge on any atom is 0.208 e. The topological polar surface area (TPSA) is 15.9 Å². The molecule has 0 aliphatic rings. The summed E-state index contributed by atoms with van der Waals surface area (Å²) in [5, 5.41) is 0. The second-order valence-electron chi connectivity index (χ2n) is 2.44. The highest BCUT2D eigenvalue weighted by Crippen LogP contribution is 1.92. The molecule has 0 spiro atoms. The Hall–Kier alpha value is -1.05. The number of aromatic nitrogens is 1. The Bertz CT molecular complexity index is 231. The van der Waals surface area contributed by atoms with Crippen molar-refractivity contribution in [3.63, 3.8) is 0 Å². The zero-order valence-electron chi connectivity index (χ0n) is 6.68. The Labute approximate surface area is 61.5 Å². The molecule has 0 aromatic carbocycles. The summed E-state index contributed by atoms with van der Waals surface area (Å²) in [7, 11) is 1.91. The van der Waals surface area contributed by atoms with Gasteiger partial charge < -0.3 is 0 Å². The summed E-state index contributed by atoms with van der Waals surface area (Å²) in [6.45, 7) is 4.14. The van der Waals surface area contributed by atoms with Gasteiger partial charge in [-0.25, -0.2) is 0 Å². The molecular weight excluding hydrogens is 124 g/mol. The molecule has 54 valence electrons. The molecule has 0 atom stereocenters. The van der Waals surface area contributed by atoms with Crippen LogP contribution < -0.4 is 10.1 Å². The summed E-state index contributed by atoms with van der Waals surface area (Å²) in [6.07, 6.45) is 2.06. The van der Waals surface area contributed by atoms with E-state index >= 15 is 0 Å². The van der Waals surface area contributed by atoms with Gasteiger partial charge in [0, 0.05) is 18.6 Å². The molecule has 1 aromatic rings. The van der Waals surface area contributed by atoms with E-state index in [0.29, 0.717) is 0 Å². The van der Waals surface area contributed by atoms with E-state index < -0.39 is 0 Å². The maximum absolute atomic E-state index is 3.05. The molecule has 1 rings (SSSR count). The van der Waals surface area contributed by atoms with Crippen LogP contribution >= 0.6 is 0 Å². The van der Waals surface area contributed by atoms with Crippen LogP contribution in [0.3, 0.4) is 0 Å². The van der Waals surface area contributed by atoms with Gasteiger partial charge in [0.1, 0.15) is 0 Å². The molecule has 10 heavy (non-hydrogen) atoms. The molecule has 2 nitrogen and oxygen atoms in total. The highest BCUT2D eigenvalue weighted by atomic mass is 15.4. The van der Waals surface area contributed by atoms with E-state index in [1.54, 1.807) is 0 Å². The normalized spacial score (nSPS) is 9.50. The molecule has 0 aliphatic carbocycles. The number of hydrogen-bond donors (Lipinski definition) is 1. The zero-order chi connectivity index (χ0) is 7.56. The third-order valence-corrected chi connectivity index (χ3v) is 1.54. The first-order chi connectivity index (χ1) is 4.74. The Balaban J connectivity index is 3.09. The summed E-state index contributed by atoms with van der Waals surface area (Å²) in [6, 6.07) is 4.19. The van der Waals surface area contributed by atoms with Gasteiger partial charge in [0.05, 0.1) is 7.05 Å². The minimum absolute atomic E-state index is 1.22. The van der Waals surface area contributed by atoms with E-state index in [2.05, 4.69) is 37.6 Å². The first kappa shape index (κ1) is 7.06. The Kier molecular flexibility index (Phi) is 1.90. The van der Waals surface area contributed by atoms with Gasteiger partial charge in [0.15, 0.2) is 0 Å². The smallest absolute Gasteiger partial charge is 0.196 e. The molecule has 1 aromatic heterocycles. The van der Waals surface area contributed by atoms with Gasteiger partial charge in [0.25, 0.3) is 0 Å². The second-order valence-corrected chi connectivity index (χ2v) is 2.44. The molecule has 0 aliphatic heterocycles. The highest BCUT2D eigenvalue weighted by Gasteiger charge is 2.01. The molecule has 0 radical (unpaired) electrons. The Morgan fingerprint density at radius 1 is 1.30 bits per heavy atom. The number of nitrogens with one attached hydrogen (secondary N) is 1. The highest BCUT2D eigenvalue weighted by molar-refractivity contribution is 5.06. The first-order valence-corrected chi connectivity index (χ1v) is 3.40. The van der Waals surface area contributed by atoms with Crippen molar-refractivity contribution in [2.45, 2.75) is 13.8 Å². The third kappa shape index (κ3) is 1.26. The van der Waals surface area contributed by atoms with Crippen molar-refractivity contribution >= 4 is 0 Å². The molecule has 0 saturated carbocycles. The molecule has 0 saturated heterocycles. The fourth-order valence-corrected chi connectivity index (χ4v) is 0.922. The molecule has 1 heterocycles. The lowest BCUT2D eigenvalue weighted by Crippen LogP contribution is -2.45. The van der Waals surface area contributed by atoms with Crippen molar-refractivity contribution in [1.29, 1.82) is 0 Å². The Morgan fingerprint density at radius 2 is 2.00 bits per heavy atom. The van der Waals surface area contributed by atoms with Crippen LogP contribution in [0.25, 0.3) is 0 Å². The van der Waals surface area contributed by atoms with Crippen molar-refractivity contribution < 1.29 is 4.68 Å². The van der Waals surface area contributed by atoms with Gasteiger partial charge in [-0.15, -0.1) is 0 Å². The standard InChI is InChI=1S/C8H13N2/c1-7-4-5-8(2)10(6-7)9-3/h4-6,9H,1-3H3/q+1. The van der Waals surface area contributed by atoms with Gasteiger partial charge >= 0.3 is 0 Å². The number of aryl methyl sites for hydroxylation is 2. The number of hydrogen-bond acceptors (Lipinski definition) is 1. The van der Waals surface area contributed by atoms with Crippen LogP contribution in [0.5, 0.6) is 0 Å². The van der Waals surface area contributed by atoms with Gasteiger partial charge in [-0.1, -0.05) is 4.68 Å². The zero-order valence-corrected chi connectivity index (χ0v) is 6.68. The minimum Gasteiger partial charge on any atom is -0.196 e. The lowest BCUT2D eigenvalue weighted by atomic mass is 10.3. The lowest BCUT2D eigenvalue weighted by molar-refractivity contribution is -0.654. The predicted octanol–water partition coefficient (Wildman–Crippen LogP) is 0.764. The van der Waals surface area contributed by atoms with Crippen molar-refractivity contribution in [3.8, 4) is 0 Å². The SMILES string of the molecule is CN[n+]1cc(C)ccc1C. The number of nitrogens with zero attached hydrogens (tertiary/aromatic N) is 1. The summed E-state index contributed by atoms with van der Waals surface area (Å²) in [5.74, 6) is 0. The van der Waals surface area contributed by atoms with Crippen LogP contribution in [-0.2, 0) is 0 Å². The fourth-order valence-electron chi connectivity index (χ4n) is 0.922. The van der Waals surface area contributed by atoms with Crippen molar-refractivity contribution in [2.24, 2.45) is 0 Å². The van der Waals surface area contributed by atoms with Crippen LogP contribution in [0.4, 0.5) is 0 Å². The average Bonchev–Trinajstić information content (AvgIpc) is 1.94.